The number of anilines is 1. The SMILES string of the molecule is COc1ccccc1Oc1ccc(NC(=O)c2nc3nc(C)cc(C)n3n2)cc1. The number of rotatable bonds is 5. The Kier molecular flexibility index (Phi) is 4.82. The lowest BCUT2D eigenvalue weighted by atomic mass is 10.3. The van der Waals surface area contributed by atoms with Crippen LogP contribution in [0, 0.1) is 13.8 Å². The molecule has 1 amide bonds. The lowest BCUT2D eigenvalue weighted by Crippen LogP contribution is -2.14. The first kappa shape index (κ1) is 18.4. The van der Waals surface area contributed by atoms with E-state index >= 15 is 0 Å². The van der Waals surface area contributed by atoms with Gasteiger partial charge in [-0.25, -0.2) is 9.50 Å². The second-order valence-electron chi connectivity index (χ2n) is 6.42. The Morgan fingerprint density at radius 3 is 2.45 bits per heavy atom. The van der Waals surface area contributed by atoms with Crippen LogP contribution in [0.1, 0.15) is 22.0 Å². The van der Waals surface area contributed by atoms with E-state index in [1.165, 1.54) is 0 Å². The third-order valence-electron chi connectivity index (χ3n) is 4.23. The Bertz CT molecular complexity index is 1180. The van der Waals surface area contributed by atoms with Crippen LogP contribution in [0.2, 0.25) is 0 Å². The van der Waals surface area contributed by atoms with Gasteiger partial charge in [0.25, 0.3) is 11.7 Å². The molecule has 29 heavy (non-hydrogen) atoms. The lowest BCUT2D eigenvalue weighted by Gasteiger charge is -2.10. The number of benzene rings is 2. The van der Waals surface area contributed by atoms with Crippen LogP contribution in [0.4, 0.5) is 5.69 Å². The number of ether oxygens (including phenoxy) is 2. The Morgan fingerprint density at radius 1 is 1.00 bits per heavy atom. The van der Waals surface area contributed by atoms with Gasteiger partial charge in [0.05, 0.1) is 7.11 Å². The topological polar surface area (TPSA) is 90.6 Å². The van der Waals surface area contributed by atoms with Gasteiger partial charge in [0, 0.05) is 17.1 Å². The maximum absolute atomic E-state index is 12.5. The maximum Gasteiger partial charge on any atom is 0.295 e. The molecule has 1 N–H and O–H groups in total. The predicted octanol–water partition coefficient (Wildman–Crippen LogP) is 3.79. The summed E-state index contributed by atoms with van der Waals surface area (Å²) in [5, 5.41) is 7.02. The van der Waals surface area contributed by atoms with Crippen molar-refractivity contribution >= 4 is 17.4 Å². The van der Waals surface area contributed by atoms with E-state index in [9.17, 15) is 4.79 Å². The van der Waals surface area contributed by atoms with Crippen LogP contribution in [-0.4, -0.2) is 32.6 Å². The number of carbonyl (C=O) groups is 1. The number of aromatic nitrogens is 4. The number of methoxy groups -OCH3 is 1. The van der Waals surface area contributed by atoms with Gasteiger partial charge >= 0.3 is 0 Å². The summed E-state index contributed by atoms with van der Waals surface area (Å²) in [4.78, 5) is 21.0. The third-order valence-corrected chi connectivity index (χ3v) is 4.23. The average molecular weight is 389 g/mol. The first-order valence-electron chi connectivity index (χ1n) is 8.97. The fourth-order valence-electron chi connectivity index (χ4n) is 2.89. The van der Waals surface area contributed by atoms with Crippen molar-refractivity contribution in [2.75, 3.05) is 12.4 Å². The van der Waals surface area contributed by atoms with Crippen molar-refractivity contribution < 1.29 is 14.3 Å². The highest BCUT2D eigenvalue weighted by Crippen LogP contribution is 2.31. The number of nitrogens with one attached hydrogen (secondary N) is 1. The van der Waals surface area contributed by atoms with Gasteiger partial charge in [-0.1, -0.05) is 12.1 Å². The number of aryl methyl sites for hydroxylation is 2. The van der Waals surface area contributed by atoms with Gasteiger partial charge in [-0.3, -0.25) is 4.79 Å². The number of hydrogen-bond donors (Lipinski definition) is 1. The second kappa shape index (κ2) is 7.59. The van der Waals surface area contributed by atoms with E-state index in [0.29, 0.717) is 28.7 Å². The summed E-state index contributed by atoms with van der Waals surface area (Å²) in [5.41, 5.74) is 2.28. The number of fused-ring (bicyclic) bond motifs is 1. The van der Waals surface area contributed by atoms with Crippen molar-refractivity contribution in [1.82, 2.24) is 19.6 Å². The normalized spacial score (nSPS) is 10.7. The van der Waals surface area contributed by atoms with E-state index in [0.717, 1.165) is 11.4 Å². The maximum atomic E-state index is 12.5. The summed E-state index contributed by atoms with van der Waals surface area (Å²) in [6.45, 7) is 3.76. The van der Waals surface area contributed by atoms with Crippen molar-refractivity contribution in [2.24, 2.45) is 0 Å². The van der Waals surface area contributed by atoms with Crippen LogP contribution >= 0.6 is 0 Å². The van der Waals surface area contributed by atoms with Gasteiger partial charge in [0.2, 0.25) is 5.82 Å². The molecule has 4 rings (SSSR count). The van der Waals surface area contributed by atoms with Crippen LogP contribution in [0.15, 0.2) is 54.6 Å². The molecule has 2 aromatic carbocycles. The van der Waals surface area contributed by atoms with Crippen LogP contribution in [-0.2, 0) is 0 Å². The highest BCUT2D eigenvalue weighted by Gasteiger charge is 2.15. The highest BCUT2D eigenvalue weighted by molar-refractivity contribution is 6.01. The Balaban J connectivity index is 1.48. The molecule has 2 heterocycles. The van der Waals surface area contributed by atoms with Gasteiger partial charge in [0.1, 0.15) is 5.75 Å². The standard InChI is InChI=1S/C21H19N5O3/c1-13-12-14(2)26-21(22-13)24-19(25-26)20(27)23-15-8-10-16(11-9-15)29-18-7-5-4-6-17(18)28-3/h4-12H,1-3H3,(H,23,27). The molecule has 0 bridgehead atoms. The molecule has 146 valence electrons. The lowest BCUT2D eigenvalue weighted by molar-refractivity contribution is 0.101. The summed E-state index contributed by atoms with van der Waals surface area (Å²) in [5.74, 6) is 1.91. The Morgan fingerprint density at radius 2 is 1.72 bits per heavy atom. The van der Waals surface area contributed by atoms with Crippen LogP contribution in [0.5, 0.6) is 17.2 Å². The summed E-state index contributed by atoms with van der Waals surface area (Å²) < 4.78 is 12.7. The fourth-order valence-corrected chi connectivity index (χ4v) is 2.89. The van der Waals surface area contributed by atoms with Crippen LogP contribution in [0.3, 0.4) is 0 Å². The van der Waals surface area contributed by atoms with Crippen molar-refractivity contribution in [2.45, 2.75) is 13.8 Å². The Labute approximate surface area is 167 Å². The molecular formula is C21H19N5O3. The number of hydrogen-bond acceptors (Lipinski definition) is 6. The van der Waals surface area contributed by atoms with E-state index in [-0.39, 0.29) is 5.82 Å². The van der Waals surface area contributed by atoms with Gasteiger partial charge in [-0.05, 0) is 56.3 Å². The minimum absolute atomic E-state index is 0.0561. The molecule has 8 heteroatoms. The number of amides is 1. The average Bonchev–Trinajstić information content (AvgIpc) is 3.14. The summed E-state index contributed by atoms with van der Waals surface area (Å²) in [6, 6.07) is 16.3. The summed E-state index contributed by atoms with van der Waals surface area (Å²) >= 11 is 0. The molecule has 0 unspecified atom stereocenters. The van der Waals surface area contributed by atoms with Crippen LogP contribution < -0.4 is 14.8 Å². The number of carbonyl (C=O) groups excluding carboxylic acids is 1. The zero-order valence-electron chi connectivity index (χ0n) is 16.2. The highest BCUT2D eigenvalue weighted by atomic mass is 16.5. The zero-order chi connectivity index (χ0) is 20.4. The van der Waals surface area contributed by atoms with Gasteiger partial charge in [-0.2, -0.15) is 4.98 Å². The van der Waals surface area contributed by atoms with Gasteiger partial charge < -0.3 is 14.8 Å². The van der Waals surface area contributed by atoms with E-state index in [1.54, 1.807) is 35.9 Å². The van der Waals surface area contributed by atoms with Crippen molar-refractivity contribution in [3.63, 3.8) is 0 Å². The molecule has 0 fully saturated rings. The molecule has 2 aromatic heterocycles. The number of para-hydroxylation sites is 2. The quantitative estimate of drug-likeness (QED) is 0.558. The molecule has 4 aromatic rings. The first-order valence-corrected chi connectivity index (χ1v) is 8.97. The number of nitrogens with zero attached hydrogens (tertiary/aromatic N) is 4. The van der Waals surface area contributed by atoms with Crippen molar-refractivity contribution in [1.29, 1.82) is 0 Å². The molecule has 0 aliphatic rings. The Hall–Kier alpha value is -3.94. The summed E-state index contributed by atoms with van der Waals surface area (Å²) in [7, 11) is 1.59. The molecule has 0 saturated heterocycles. The minimum Gasteiger partial charge on any atom is -0.493 e. The molecule has 0 aliphatic carbocycles. The van der Waals surface area contributed by atoms with Gasteiger partial charge in [0.15, 0.2) is 11.5 Å². The predicted molar refractivity (Wildman–Crippen MR) is 108 cm³/mol. The molecule has 0 atom stereocenters. The monoisotopic (exact) mass is 389 g/mol. The van der Waals surface area contributed by atoms with E-state index in [2.05, 4.69) is 20.4 Å². The molecular weight excluding hydrogens is 370 g/mol. The van der Waals surface area contributed by atoms with Crippen LogP contribution in [0.25, 0.3) is 5.78 Å². The van der Waals surface area contributed by atoms with Crippen molar-refractivity contribution in [3.05, 3.63) is 71.8 Å². The molecule has 0 saturated carbocycles. The largest absolute Gasteiger partial charge is 0.493 e. The molecule has 0 aliphatic heterocycles. The van der Waals surface area contributed by atoms with E-state index in [1.807, 2.05) is 44.2 Å². The van der Waals surface area contributed by atoms with Crippen molar-refractivity contribution in [3.8, 4) is 17.2 Å². The van der Waals surface area contributed by atoms with Gasteiger partial charge in [-0.15, -0.1) is 5.10 Å². The molecule has 0 spiro atoms. The minimum atomic E-state index is -0.411. The summed E-state index contributed by atoms with van der Waals surface area (Å²) in [6.07, 6.45) is 0. The first-order chi connectivity index (χ1) is 14.0. The molecule has 8 nitrogen and oxygen atoms in total. The second-order valence-corrected chi connectivity index (χ2v) is 6.42. The van der Waals surface area contributed by atoms with E-state index in [4.69, 9.17) is 9.47 Å². The van der Waals surface area contributed by atoms with E-state index < -0.39 is 5.91 Å². The fraction of sp³-hybridized carbons (Fsp3) is 0.143. The zero-order valence-corrected chi connectivity index (χ0v) is 16.2. The third kappa shape index (κ3) is 3.86. The molecule has 0 radical (unpaired) electrons. The smallest absolute Gasteiger partial charge is 0.295 e.